The Morgan fingerprint density at radius 1 is 1.47 bits per heavy atom. The average Bonchev–Trinajstić information content (AvgIpc) is 2.13. The van der Waals surface area contributed by atoms with E-state index in [-0.39, 0.29) is 0 Å². The van der Waals surface area contributed by atoms with Gasteiger partial charge in [0.15, 0.2) is 0 Å². The Morgan fingerprint density at radius 3 is 2.47 bits per heavy atom. The van der Waals surface area contributed by atoms with Crippen molar-refractivity contribution in [2.24, 2.45) is 0 Å². The minimum absolute atomic E-state index is 0.299. The van der Waals surface area contributed by atoms with Crippen molar-refractivity contribution in [1.29, 1.82) is 0 Å². The lowest BCUT2D eigenvalue weighted by atomic mass is 10.1. The first-order valence-corrected chi connectivity index (χ1v) is 3.99. The molecule has 1 rings (SSSR count). The van der Waals surface area contributed by atoms with Gasteiger partial charge in [-0.15, -0.1) is 13.2 Å². The minimum atomic E-state index is -5.15. The Kier molecular flexibility index (Phi) is 3.49. The summed E-state index contributed by atoms with van der Waals surface area (Å²) in [5.41, 5.74) is -1.91. The predicted octanol–water partition coefficient (Wildman–Crippen LogP) is 2.29. The van der Waals surface area contributed by atoms with Crippen molar-refractivity contribution in [3.8, 4) is 5.88 Å². The zero-order chi connectivity index (χ0) is 13.2. The zero-order valence-electron chi connectivity index (χ0n) is 7.89. The van der Waals surface area contributed by atoms with Gasteiger partial charge < -0.3 is 9.84 Å². The first-order valence-electron chi connectivity index (χ1n) is 3.99. The minimum Gasteiger partial charge on any atom is -0.478 e. The third-order valence-corrected chi connectivity index (χ3v) is 1.63. The molecule has 0 aliphatic heterocycles. The number of pyridine rings is 1. The van der Waals surface area contributed by atoms with Crippen LogP contribution in [0.4, 0.5) is 22.0 Å². The lowest BCUT2D eigenvalue weighted by molar-refractivity contribution is -0.276. The summed E-state index contributed by atoms with van der Waals surface area (Å²) in [5, 5.41) is 8.55. The van der Waals surface area contributed by atoms with E-state index in [1.54, 1.807) is 0 Å². The molecule has 94 valence electrons. The number of aromatic nitrogens is 1. The normalized spacial score (nSPS) is 11.4. The van der Waals surface area contributed by atoms with Gasteiger partial charge in [-0.25, -0.2) is 9.18 Å². The molecule has 0 fully saturated rings. The van der Waals surface area contributed by atoms with E-state index < -0.39 is 42.0 Å². The Labute approximate surface area is 90.6 Å². The van der Waals surface area contributed by atoms with Crippen molar-refractivity contribution in [3.05, 3.63) is 23.1 Å². The molecule has 1 N–H and O–H groups in total. The van der Waals surface area contributed by atoms with Crippen LogP contribution < -0.4 is 4.74 Å². The van der Waals surface area contributed by atoms with Gasteiger partial charge in [0.05, 0.1) is 11.1 Å². The van der Waals surface area contributed by atoms with Crippen molar-refractivity contribution in [2.45, 2.75) is 13.0 Å². The number of hydrogen-bond acceptors (Lipinski definition) is 3. The number of carbonyl (C=O) groups is 1. The fourth-order valence-electron chi connectivity index (χ4n) is 1.01. The molecule has 0 spiro atoms. The van der Waals surface area contributed by atoms with Gasteiger partial charge in [-0.1, -0.05) is 0 Å². The summed E-state index contributed by atoms with van der Waals surface area (Å²) in [5.74, 6) is -4.75. The highest BCUT2D eigenvalue weighted by atomic mass is 19.4. The number of ether oxygens (including phenoxy) is 1. The van der Waals surface area contributed by atoms with Crippen LogP contribution >= 0.6 is 0 Å². The van der Waals surface area contributed by atoms with Gasteiger partial charge in [0.1, 0.15) is 6.67 Å². The largest absolute Gasteiger partial charge is 0.574 e. The predicted molar refractivity (Wildman–Crippen MR) is 42.6 cm³/mol. The number of hydrogen-bond donors (Lipinski definition) is 1. The van der Waals surface area contributed by atoms with E-state index in [0.717, 1.165) is 0 Å². The monoisotopic (exact) mass is 257 g/mol. The molecular weight excluding hydrogens is 253 g/mol. The first-order chi connectivity index (χ1) is 7.74. The highest BCUT2D eigenvalue weighted by Crippen LogP contribution is 2.24. The molecule has 0 amide bonds. The van der Waals surface area contributed by atoms with E-state index in [0.29, 0.717) is 6.07 Å². The Morgan fingerprint density at radius 2 is 2.06 bits per heavy atom. The van der Waals surface area contributed by atoms with Crippen LogP contribution in [0.1, 0.15) is 15.9 Å². The highest BCUT2D eigenvalue weighted by molar-refractivity contribution is 5.89. The van der Waals surface area contributed by atoms with E-state index in [2.05, 4.69) is 9.72 Å². The third kappa shape index (κ3) is 3.26. The zero-order valence-corrected chi connectivity index (χ0v) is 7.89. The fourth-order valence-corrected chi connectivity index (χ4v) is 1.01. The molecule has 0 saturated carbocycles. The van der Waals surface area contributed by atoms with Crippen LogP contribution in [0.5, 0.6) is 5.88 Å². The molecule has 0 atom stereocenters. The standard InChI is InChI=1S/C8H4F5NO3/c9-2-4-3(7(15)16)1-5(14-6(4)10)17-8(11,12)13/h1H,2H2,(H,15,16). The van der Waals surface area contributed by atoms with Crippen LogP contribution in [-0.4, -0.2) is 22.4 Å². The second-order valence-electron chi connectivity index (χ2n) is 2.76. The van der Waals surface area contributed by atoms with Gasteiger partial charge in [-0.3, -0.25) is 0 Å². The molecule has 0 unspecified atom stereocenters. The van der Waals surface area contributed by atoms with E-state index >= 15 is 0 Å². The molecular formula is C8H4F5NO3. The van der Waals surface area contributed by atoms with Crippen molar-refractivity contribution >= 4 is 5.97 Å². The van der Waals surface area contributed by atoms with Gasteiger partial charge in [0.25, 0.3) is 0 Å². The summed E-state index contributed by atoms with van der Waals surface area (Å²) in [7, 11) is 0. The van der Waals surface area contributed by atoms with E-state index in [4.69, 9.17) is 5.11 Å². The third-order valence-electron chi connectivity index (χ3n) is 1.63. The topological polar surface area (TPSA) is 59.4 Å². The summed E-state index contributed by atoms with van der Waals surface area (Å²) >= 11 is 0. The number of aromatic carboxylic acids is 1. The smallest absolute Gasteiger partial charge is 0.478 e. The lowest BCUT2D eigenvalue weighted by Gasteiger charge is -2.10. The van der Waals surface area contributed by atoms with Crippen LogP contribution in [-0.2, 0) is 6.67 Å². The highest BCUT2D eigenvalue weighted by Gasteiger charge is 2.33. The number of carboxylic acid groups (broad SMARTS) is 1. The maximum atomic E-state index is 13.0. The number of nitrogens with zero attached hydrogens (tertiary/aromatic N) is 1. The number of carboxylic acids is 1. The number of halogens is 5. The van der Waals surface area contributed by atoms with Gasteiger partial charge >= 0.3 is 12.3 Å². The van der Waals surface area contributed by atoms with Gasteiger partial charge in [-0.05, 0) is 0 Å². The molecule has 1 heterocycles. The maximum Gasteiger partial charge on any atom is 0.574 e. The van der Waals surface area contributed by atoms with E-state index in [9.17, 15) is 26.7 Å². The van der Waals surface area contributed by atoms with Crippen LogP contribution in [0.3, 0.4) is 0 Å². The van der Waals surface area contributed by atoms with Crippen molar-refractivity contribution in [1.82, 2.24) is 4.98 Å². The molecule has 0 saturated heterocycles. The molecule has 0 aromatic carbocycles. The van der Waals surface area contributed by atoms with Crippen molar-refractivity contribution < 1.29 is 36.6 Å². The second kappa shape index (κ2) is 4.52. The Hall–Kier alpha value is -1.93. The van der Waals surface area contributed by atoms with Crippen molar-refractivity contribution in [3.63, 3.8) is 0 Å². The molecule has 0 radical (unpaired) electrons. The number of alkyl halides is 4. The Bertz CT molecular complexity index is 446. The molecule has 4 nitrogen and oxygen atoms in total. The Balaban J connectivity index is 3.25. The van der Waals surface area contributed by atoms with Crippen LogP contribution in [0, 0.1) is 5.95 Å². The number of rotatable bonds is 3. The quantitative estimate of drug-likeness (QED) is 0.666. The molecule has 0 bridgehead atoms. The molecule has 17 heavy (non-hydrogen) atoms. The van der Waals surface area contributed by atoms with Crippen LogP contribution in [0.2, 0.25) is 0 Å². The van der Waals surface area contributed by atoms with Gasteiger partial charge in [-0.2, -0.15) is 9.37 Å². The molecule has 1 aromatic heterocycles. The first kappa shape index (κ1) is 13.1. The SMILES string of the molecule is O=C(O)c1cc(OC(F)(F)F)nc(F)c1CF. The van der Waals surface area contributed by atoms with Crippen molar-refractivity contribution in [2.75, 3.05) is 0 Å². The second-order valence-corrected chi connectivity index (χ2v) is 2.76. The maximum absolute atomic E-state index is 13.0. The van der Waals surface area contributed by atoms with E-state index in [1.165, 1.54) is 0 Å². The molecule has 0 aliphatic carbocycles. The van der Waals surface area contributed by atoms with E-state index in [1.807, 2.05) is 0 Å². The molecule has 1 aromatic rings. The molecule has 0 aliphatic rings. The summed E-state index contributed by atoms with van der Waals surface area (Å²) in [6.45, 7) is -1.51. The van der Waals surface area contributed by atoms with Gasteiger partial charge in [0.2, 0.25) is 11.8 Å². The lowest BCUT2D eigenvalue weighted by Crippen LogP contribution is -2.19. The summed E-state index contributed by atoms with van der Waals surface area (Å²) in [4.78, 5) is 13.2. The summed E-state index contributed by atoms with van der Waals surface area (Å²) in [6.07, 6.45) is -5.15. The van der Waals surface area contributed by atoms with Gasteiger partial charge in [0, 0.05) is 6.07 Å². The summed E-state index contributed by atoms with van der Waals surface area (Å²) < 4.78 is 63.8. The fraction of sp³-hybridized carbons (Fsp3) is 0.250. The summed E-state index contributed by atoms with van der Waals surface area (Å²) in [6, 6.07) is 0.299. The van der Waals surface area contributed by atoms with Crippen LogP contribution in [0.15, 0.2) is 6.07 Å². The molecule has 9 heteroatoms. The van der Waals surface area contributed by atoms with Crippen LogP contribution in [0.25, 0.3) is 0 Å². The average molecular weight is 257 g/mol.